The number of para-hydroxylation sites is 2. The van der Waals surface area contributed by atoms with Crippen molar-refractivity contribution in [3.8, 4) is 23.1 Å². The van der Waals surface area contributed by atoms with Crippen LogP contribution in [0.4, 0.5) is 0 Å². The SMILES string of the molecule is CCOc1ccccc1-n1c(O)c(C2NCCc3c2[nH]c2ccc(OC)cc32)c(=O)[nH]c1=O. The Morgan fingerprint density at radius 2 is 1.97 bits per heavy atom. The highest BCUT2D eigenvalue weighted by Crippen LogP contribution is 2.37. The highest BCUT2D eigenvalue weighted by molar-refractivity contribution is 5.86. The summed E-state index contributed by atoms with van der Waals surface area (Å²) in [6, 6.07) is 12.0. The topological polar surface area (TPSA) is 121 Å². The molecule has 0 radical (unpaired) electrons. The number of aromatic hydroxyl groups is 1. The molecule has 1 unspecified atom stereocenters. The first-order valence-corrected chi connectivity index (χ1v) is 10.8. The van der Waals surface area contributed by atoms with E-state index in [-0.39, 0.29) is 5.56 Å². The average molecular weight is 448 g/mol. The fourth-order valence-corrected chi connectivity index (χ4v) is 4.52. The normalized spacial score (nSPS) is 15.4. The van der Waals surface area contributed by atoms with Gasteiger partial charge in [0, 0.05) is 23.1 Å². The second kappa shape index (κ2) is 8.18. The Labute approximate surface area is 188 Å². The molecule has 3 heterocycles. The molecule has 4 aromatic rings. The van der Waals surface area contributed by atoms with Gasteiger partial charge in [-0.3, -0.25) is 9.78 Å². The summed E-state index contributed by atoms with van der Waals surface area (Å²) < 4.78 is 12.1. The lowest BCUT2D eigenvalue weighted by atomic mass is 9.95. The first kappa shape index (κ1) is 20.9. The summed E-state index contributed by atoms with van der Waals surface area (Å²) in [5.74, 6) is 0.726. The Balaban J connectivity index is 1.72. The van der Waals surface area contributed by atoms with Crippen molar-refractivity contribution in [3.05, 3.63) is 80.1 Å². The molecule has 9 nitrogen and oxygen atoms in total. The minimum Gasteiger partial charge on any atom is -0.497 e. The van der Waals surface area contributed by atoms with E-state index >= 15 is 0 Å². The van der Waals surface area contributed by atoms with Crippen molar-refractivity contribution < 1.29 is 14.6 Å². The molecule has 0 fully saturated rings. The van der Waals surface area contributed by atoms with Gasteiger partial charge in [0.2, 0.25) is 5.88 Å². The molecule has 2 aromatic carbocycles. The van der Waals surface area contributed by atoms with Crippen LogP contribution in [0, 0.1) is 0 Å². The number of methoxy groups -OCH3 is 1. The number of hydrogen-bond acceptors (Lipinski definition) is 6. The van der Waals surface area contributed by atoms with Crippen LogP contribution in [0.5, 0.6) is 17.4 Å². The van der Waals surface area contributed by atoms with E-state index in [9.17, 15) is 14.7 Å². The van der Waals surface area contributed by atoms with Crippen molar-refractivity contribution in [2.75, 3.05) is 20.3 Å². The number of aromatic amines is 2. The number of hydrogen-bond donors (Lipinski definition) is 4. The molecule has 0 spiro atoms. The lowest BCUT2D eigenvalue weighted by Gasteiger charge is -2.25. The molecule has 0 aliphatic carbocycles. The first-order chi connectivity index (χ1) is 16.0. The van der Waals surface area contributed by atoms with Gasteiger partial charge in [-0.2, -0.15) is 0 Å². The van der Waals surface area contributed by atoms with Crippen LogP contribution in [-0.4, -0.2) is 39.9 Å². The predicted molar refractivity (Wildman–Crippen MR) is 124 cm³/mol. The summed E-state index contributed by atoms with van der Waals surface area (Å²) in [6.07, 6.45) is 0.741. The molecule has 1 atom stereocenters. The maximum atomic E-state index is 12.9. The number of aromatic nitrogens is 3. The van der Waals surface area contributed by atoms with Crippen molar-refractivity contribution in [1.29, 1.82) is 0 Å². The van der Waals surface area contributed by atoms with E-state index in [2.05, 4.69) is 15.3 Å². The summed E-state index contributed by atoms with van der Waals surface area (Å²) in [5, 5.41) is 15.6. The number of ether oxygens (including phenoxy) is 2. The Morgan fingerprint density at radius 1 is 1.15 bits per heavy atom. The second-order valence-electron chi connectivity index (χ2n) is 7.80. The lowest BCUT2D eigenvalue weighted by molar-refractivity contribution is 0.336. The molecule has 1 aliphatic rings. The van der Waals surface area contributed by atoms with Crippen LogP contribution in [0.2, 0.25) is 0 Å². The van der Waals surface area contributed by atoms with Crippen LogP contribution < -0.4 is 26.0 Å². The third-order valence-corrected chi connectivity index (χ3v) is 5.97. The van der Waals surface area contributed by atoms with E-state index in [1.807, 2.05) is 25.1 Å². The molecule has 0 saturated heterocycles. The van der Waals surface area contributed by atoms with Crippen LogP contribution in [0.25, 0.3) is 16.6 Å². The van der Waals surface area contributed by atoms with Crippen LogP contribution >= 0.6 is 0 Å². The van der Waals surface area contributed by atoms with Crippen LogP contribution in [0.1, 0.15) is 29.8 Å². The smallest absolute Gasteiger partial charge is 0.335 e. The minimum absolute atomic E-state index is 0.0559. The van der Waals surface area contributed by atoms with Gasteiger partial charge in [-0.25, -0.2) is 9.36 Å². The fourth-order valence-electron chi connectivity index (χ4n) is 4.52. The molecule has 33 heavy (non-hydrogen) atoms. The summed E-state index contributed by atoms with van der Waals surface area (Å²) in [7, 11) is 1.62. The zero-order chi connectivity index (χ0) is 23.1. The summed E-state index contributed by atoms with van der Waals surface area (Å²) >= 11 is 0. The predicted octanol–water partition coefficient (Wildman–Crippen LogP) is 2.36. The third-order valence-electron chi connectivity index (χ3n) is 5.97. The Kier molecular flexibility index (Phi) is 5.18. The number of rotatable bonds is 5. The maximum Gasteiger partial charge on any atom is 0.335 e. The van der Waals surface area contributed by atoms with E-state index in [4.69, 9.17) is 9.47 Å². The quantitative estimate of drug-likeness (QED) is 0.372. The van der Waals surface area contributed by atoms with Gasteiger partial charge in [0.1, 0.15) is 17.1 Å². The molecule has 4 N–H and O–H groups in total. The molecule has 0 saturated carbocycles. The van der Waals surface area contributed by atoms with Crippen molar-refractivity contribution in [2.24, 2.45) is 0 Å². The van der Waals surface area contributed by atoms with Gasteiger partial charge in [-0.15, -0.1) is 0 Å². The van der Waals surface area contributed by atoms with Gasteiger partial charge in [0.25, 0.3) is 5.56 Å². The molecule has 9 heteroatoms. The Bertz CT molecular complexity index is 1470. The van der Waals surface area contributed by atoms with Gasteiger partial charge in [-0.05, 0) is 49.2 Å². The van der Waals surface area contributed by atoms with Gasteiger partial charge >= 0.3 is 5.69 Å². The van der Waals surface area contributed by atoms with Crippen LogP contribution in [0.15, 0.2) is 52.1 Å². The highest BCUT2D eigenvalue weighted by Gasteiger charge is 2.31. The summed E-state index contributed by atoms with van der Waals surface area (Å²) in [5.41, 5.74) is 1.72. The van der Waals surface area contributed by atoms with Gasteiger partial charge in [0.05, 0.1) is 25.4 Å². The second-order valence-corrected chi connectivity index (χ2v) is 7.80. The lowest BCUT2D eigenvalue weighted by Crippen LogP contribution is -2.38. The molecule has 0 amide bonds. The van der Waals surface area contributed by atoms with Crippen molar-refractivity contribution in [3.63, 3.8) is 0 Å². The van der Waals surface area contributed by atoms with Gasteiger partial charge in [-0.1, -0.05) is 12.1 Å². The zero-order valence-electron chi connectivity index (χ0n) is 18.3. The van der Waals surface area contributed by atoms with E-state index in [0.29, 0.717) is 24.6 Å². The molecule has 0 bridgehead atoms. The molecular formula is C24H24N4O5. The van der Waals surface area contributed by atoms with Gasteiger partial charge < -0.3 is 24.9 Å². The first-order valence-electron chi connectivity index (χ1n) is 10.8. The maximum absolute atomic E-state index is 12.9. The van der Waals surface area contributed by atoms with Gasteiger partial charge in [0.15, 0.2) is 0 Å². The van der Waals surface area contributed by atoms with E-state index in [1.54, 1.807) is 31.4 Å². The highest BCUT2D eigenvalue weighted by atomic mass is 16.5. The molecular weight excluding hydrogens is 424 g/mol. The molecule has 2 aromatic heterocycles. The average Bonchev–Trinajstić information content (AvgIpc) is 3.19. The largest absolute Gasteiger partial charge is 0.497 e. The third kappa shape index (κ3) is 3.37. The van der Waals surface area contributed by atoms with E-state index < -0.39 is 23.2 Å². The van der Waals surface area contributed by atoms with Crippen molar-refractivity contribution in [2.45, 2.75) is 19.4 Å². The van der Waals surface area contributed by atoms with Crippen molar-refractivity contribution in [1.82, 2.24) is 19.9 Å². The zero-order valence-corrected chi connectivity index (χ0v) is 18.3. The molecule has 5 rings (SSSR count). The standard InChI is InChI=1S/C24H24N4O5/c1-3-33-18-7-5-4-6-17(18)28-23(30)19(22(29)27-24(28)31)21-20-14(10-11-25-21)15-12-13(32-2)8-9-16(15)26-20/h4-9,12,21,25-26,30H,3,10-11H2,1-2H3,(H,27,29,31). The Morgan fingerprint density at radius 3 is 2.76 bits per heavy atom. The number of H-pyrrole nitrogens is 2. The fraction of sp³-hybridized carbons (Fsp3) is 0.250. The molecule has 1 aliphatic heterocycles. The monoisotopic (exact) mass is 448 g/mol. The van der Waals surface area contributed by atoms with E-state index in [1.165, 1.54) is 0 Å². The summed E-state index contributed by atoms with van der Waals surface area (Å²) in [6.45, 7) is 2.81. The van der Waals surface area contributed by atoms with Crippen molar-refractivity contribution >= 4 is 10.9 Å². The number of nitrogens with one attached hydrogen (secondary N) is 3. The molecule has 170 valence electrons. The van der Waals surface area contributed by atoms with Crippen LogP contribution in [-0.2, 0) is 6.42 Å². The summed E-state index contributed by atoms with van der Waals surface area (Å²) in [4.78, 5) is 31.4. The number of nitrogens with zero attached hydrogens (tertiary/aromatic N) is 1. The van der Waals surface area contributed by atoms with E-state index in [0.717, 1.165) is 38.9 Å². The minimum atomic E-state index is -0.745. The number of benzene rings is 2. The van der Waals surface area contributed by atoms with Crippen LogP contribution in [0.3, 0.4) is 0 Å². The number of fused-ring (bicyclic) bond motifs is 3. The Hall–Kier alpha value is -3.98.